The number of methoxy groups -OCH3 is 2. The number of carbonyl (C=O) groups excluding carboxylic acids is 2. The summed E-state index contributed by atoms with van der Waals surface area (Å²) in [6, 6.07) is 7.10. The Balaban J connectivity index is 1.97. The highest BCUT2D eigenvalue weighted by molar-refractivity contribution is 6.49. The van der Waals surface area contributed by atoms with Gasteiger partial charge in [-0.3, -0.25) is 9.59 Å². The number of hydrogen-bond acceptors (Lipinski definition) is 10. The lowest BCUT2D eigenvalue weighted by Crippen LogP contribution is -2.16. The molecule has 0 aliphatic carbocycles. The van der Waals surface area contributed by atoms with Gasteiger partial charge in [-0.25, -0.2) is 0 Å². The second kappa shape index (κ2) is 9.49. The lowest BCUT2D eigenvalue weighted by molar-refractivity contribution is 0.0814. The molecule has 6 N–H and O–H groups in total. The molecule has 0 unspecified atom stereocenters. The molecule has 0 fully saturated rings. The number of phenolic OH excluding ortho intramolecular Hbond substituents is 6. The number of ether oxygens (including phenoxy) is 2. The molecule has 178 valence electrons. The lowest BCUT2D eigenvalue weighted by Gasteiger charge is -2.15. The Morgan fingerprint density at radius 3 is 1.65 bits per heavy atom. The van der Waals surface area contributed by atoms with Gasteiger partial charge < -0.3 is 40.1 Å². The van der Waals surface area contributed by atoms with Gasteiger partial charge in [0.05, 0.1) is 19.8 Å². The van der Waals surface area contributed by atoms with Gasteiger partial charge in [-0.15, -0.1) is 0 Å². The van der Waals surface area contributed by atoms with Gasteiger partial charge in [-0.1, -0.05) is 0 Å². The molecule has 0 aliphatic rings. The summed E-state index contributed by atoms with van der Waals surface area (Å²) in [5.41, 5.74) is 0.548. The fourth-order valence-electron chi connectivity index (χ4n) is 3.41. The molecule has 0 saturated heterocycles. The number of rotatable bonds is 8. The molecule has 10 nitrogen and oxygen atoms in total. The summed E-state index contributed by atoms with van der Waals surface area (Å²) in [5.74, 6) is -5.62. The number of ketones is 2. The van der Waals surface area contributed by atoms with E-state index < -0.39 is 46.1 Å². The highest BCUT2D eigenvalue weighted by atomic mass is 16.5. The van der Waals surface area contributed by atoms with Gasteiger partial charge in [-0.05, 0) is 54.3 Å². The molecule has 0 spiro atoms. The fourth-order valence-corrected chi connectivity index (χ4v) is 3.41. The molecular weight excluding hydrogens is 448 g/mol. The van der Waals surface area contributed by atoms with Gasteiger partial charge in [0.25, 0.3) is 0 Å². The van der Waals surface area contributed by atoms with Crippen molar-refractivity contribution in [2.24, 2.45) is 0 Å². The second-order valence-corrected chi connectivity index (χ2v) is 7.37. The van der Waals surface area contributed by atoms with E-state index in [-0.39, 0.29) is 29.7 Å². The summed E-state index contributed by atoms with van der Waals surface area (Å²) in [7, 11) is 2.71. The van der Waals surface area contributed by atoms with Crippen molar-refractivity contribution in [1.82, 2.24) is 0 Å². The monoisotopic (exact) mass is 470 g/mol. The SMILES string of the molecule is COc1cc(OC)c(C(=O)C(=O)c2cc(O)c(O)c(O)c2)cc1CCc1cc(O)c(O)c(O)c1. The summed E-state index contributed by atoms with van der Waals surface area (Å²) in [5, 5.41) is 57.7. The molecule has 0 bridgehead atoms. The predicted octanol–water partition coefficient (Wildman–Crippen LogP) is 2.79. The van der Waals surface area contributed by atoms with Crippen molar-refractivity contribution < 1.29 is 49.7 Å². The van der Waals surface area contributed by atoms with E-state index in [4.69, 9.17) is 9.47 Å². The maximum atomic E-state index is 13.0. The third-order valence-electron chi connectivity index (χ3n) is 5.20. The first-order valence-electron chi connectivity index (χ1n) is 9.90. The zero-order valence-electron chi connectivity index (χ0n) is 18.2. The Morgan fingerprint density at radius 1 is 0.647 bits per heavy atom. The topological polar surface area (TPSA) is 174 Å². The average molecular weight is 470 g/mol. The van der Waals surface area contributed by atoms with Gasteiger partial charge >= 0.3 is 0 Å². The molecule has 0 aromatic heterocycles. The van der Waals surface area contributed by atoms with Crippen molar-refractivity contribution in [2.45, 2.75) is 12.8 Å². The van der Waals surface area contributed by atoms with E-state index in [1.807, 2.05) is 0 Å². The number of aromatic hydroxyl groups is 6. The molecular formula is C24H22O10. The third kappa shape index (κ3) is 4.60. The summed E-state index contributed by atoms with van der Waals surface area (Å²) < 4.78 is 10.6. The molecule has 0 heterocycles. The Kier molecular flexibility index (Phi) is 6.71. The molecule has 3 aromatic carbocycles. The zero-order valence-corrected chi connectivity index (χ0v) is 18.2. The van der Waals surface area contributed by atoms with Gasteiger partial charge in [0.15, 0.2) is 34.5 Å². The number of aryl methyl sites for hydroxylation is 2. The number of Topliss-reactive ketones (excluding diaryl/α,β-unsaturated/α-hetero) is 2. The first kappa shape index (κ1) is 24.1. The van der Waals surface area contributed by atoms with E-state index in [1.54, 1.807) is 0 Å². The number of benzene rings is 3. The van der Waals surface area contributed by atoms with Gasteiger partial charge in [0.1, 0.15) is 11.5 Å². The van der Waals surface area contributed by atoms with Crippen molar-refractivity contribution >= 4 is 11.6 Å². The average Bonchev–Trinajstić information content (AvgIpc) is 2.82. The predicted molar refractivity (Wildman–Crippen MR) is 118 cm³/mol. The van der Waals surface area contributed by atoms with Crippen LogP contribution in [0.15, 0.2) is 36.4 Å². The van der Waals surface area contributed by atoms with Crippen LogP contribution < -0.4 is 9.47 Å². The van der Waals surface area contributed by atoms with E-state index in [1.165, 1.54) is 38.5 Å². The Labute approximate surface area is 193 Å². The maximum absolute atomic E-state index is 13.0. The van der Waals surface area contributed by atoms with Crippen molar-refractivity contribution in [3.05, 3.63) is 58.7 Å². The fraction of sp³-hybridized carbons (Fsp3) is 0.167. The molecule has 0 radical (unpaired) electrons. The van der Waals surface area contributed by atoms with Gasteiger partial charge in [0.2, 0.25) is 11.6 Å². The highest BCUT2D eigenvalue weighted by Crippen LogP contribution is 2.38. The van der Waals surface area contributed by atoms with Crippen LogP contribution in [0.4, 0.5) is 0 Å². The van der Waals surface area contributed by atoms with Crippen LogP contribution in [0.5, 0.6) is 46.0 Å². The van der Waals surface area contributed by atoms with Crippen LogP contribution >= 0.6 is 0 Å². The molecule has 3 rings (SSSR count). The van der Waals surface area contributed by atoms with Crippen molar-refractivity contribution in [2.75, 3.05) is 14.2 Å². The van der Waals surface area contributed by atoms with Crippen LogP contribution in [0.1, 0.15) is 31.8 Å². The van der Waals surface area contributed by atoms with E-state index >= 15 is 0 Å². The first-order valence-corrected chi connectivity index (χ1v) is 9.90. The molecule has 10 heteroatoms. The highest BCUT2D eigenvalue weighted by Gasteiger charge is 2.26. The summed E-state index contributed by atoms with van der Waals surface area (Å²) in [4.78, 5) is 25.8. The van der Waals surface area contributed by atoms with Crippen LogP contribution in [0.3, 0.4) is 0 Å². The first-order chi connectivity index (χ1) is 16.1. The van der Waals surface area contributed by atoms with Crippen LogP contribution in [0.2, 0.25) is 0 Å². The minimum Gasteiger partial charge on any atom is -0.504 e. The quantitative estimate of drug-likeness (QED) is 0.163. The molecule has 0 atom stereocenters. The smallest absolute Gasteiger partial charge is 0.237 e. The van der Waals surface area contributed by atoms with Crippen LogP contribution in [0, 0.1) is 0 Å². The Morgan fingerprint density at radius 2 is 1.15 bits per heavy atom. The number of carbonyl (C=O) groups is 2. The molecule has 0 amide bonds. The summed E-state index contributed by atoms with van der Waals surface area (Å²) in [6.07, 6.45) is 0.525. The lowest BCUT2D eigenvalue weighted by atomic mass is 9.95. The third-order valence-corrected chi connectivity index (χ3v) is 5.20. The summed E-state index contributed by atoms with van der Waals surface area (Å²) >= 11 is 0. The zero-order chi connectivity index (χ0) is 25.2. The van der Waals surface area contributed by atoms with E-state index in [0.29, 0.717) is 16.9 Å². The second-order valence-electron chi connectivity index (χ2n) is 7.37. The maximum Gasteiger partial charge on any atom is 0.237 e. The Bertz CT molecular complexity index is 1230. The molecule has 3 aromatic rings. The Hall–Kier alpha value is -4.60. The van der Waals surface area contributed by atoms with Crippen molar-refractivity contribution in [3.63, 3.8) is 0 Å². The molecule has 0 saturated carbocycles. The number of phenols is 6. The molecule has 0 aliphatic heterocycles. The number of hydrogen-bond donors (Lipinski definition) is 6. The van der Waals surface area contributed by atoms with E-state index in [2.05, 4.69) is 0 Å². The minimum absolute atomic E-state index is 0.0473. The van der Waals surface area contributed by atoms with Crippen LogP contribution in [-0.2, 0) is 12.8 Å². The minimum atomic E-state index is -1.06. The van der Waals surface area contributed by atoms with Gasteiger partial charge in [0, 0.05) is 11.6 Å². The van der Waals surface area contributed by atoms with Crippen LogP contribution in [-0.4, -0.2) is 56.4 Å². The van der Waals surface area contributed by atoms with E-state index in [9.17, 15) is 40.2 Å². The normalized spacial score (nSPS) is 10.6. The largest absolute Gasteiger partial charge is 0.504 e. The van der Waals surface area contributed by atoms with Gasteiger partial charge in [-0.2, -0.15) is 0 Å². The van der Waals surface area contributed by atoms with Crippen LogP contribution in [0.25, 0.3) is 0 Å². The van der Waals surface area contributed by atoms with E-state index in [0.717, 1.165) is 12.1 Å². The van der Waals surface area contributed by atoms with Crippen molar-refractivity contribution in [1.29, 1.82) is 0 Å². The molecule has 34 heavy (non-hydrogen) atoms. The summed E-state index contributed by atoms with van der Waals surface area (Å²) in [6.45, 7) is 0. The standard InChI is InChI=1S/C24H22O10/c1-33-19-10-20(34-2)14(22(30)21(29)13-8-17(27)24(32)18(28)9-13)7-12(19)4-3-11-5-15(25)23(31)16(26)6-11/h5-10,25-28,31-32H,3-4H2,1-2H3. The van der Waals surface area contributed by atoms with Crippen molar-refractivity contribution in [3.8, 4) is 46.0 Å².